The summed E-state index contributed by atoms with van der Waals surface area (Å²) in [6.07, 6.45) is 4.51. The summed E-state index contributed by atoms with van der Waals surface area (Å²) in [5, 5.41) is 22.4. The van der Waals surface area contributed by atoms with Crippen LogP contribution in [-0.2, 0) is 9.16 Å². The predicted octanol–water partition coefficient (Wildman–Crippen LogP) is 3.16. The second kappa shape index (κ2) is 13.3. The standard InChI is InChI=1S/C32H42N2O6Si/c1-23-22-34(31(38)33-30(23)37)28-21-27(29(39-28)26(36)19-13-5-6-14-20-35)40-41(32(2,3)4,24-15-9-7-10-16-24)25-17-11-8-12-18-25/h5,7-13,15-18,22,26-29,35-36H,6,14,19-21H2,1-4H3,(H,33,37,38)/b13-5-/t26-,27-,28+,29+/m0/s1. The average Bonchev–Trinajstić information content (AvgIpc) is 3.37. The molecule has 1 aliphatic rings. The highest BCUT2D eigenvalue weighted by molar-refractivity contribution is 6.99. The van der Waals surface area contributed by atoms with Gasteiger partial charge in [-0.3, -0.25) is 14.3 Å². The van der Waals surface area contributed by atoms with Gasteiger partial charge in [-0.1, -0.05) is 93.6 Å². The van der Waals surface area contributed by atoms with Crippen molar-refractivity contribution in [2.24, 2.45) is 0 Å². The van der Waals surface area contributed by atoms with E-state index in [1.165, 1.54) is 10.8 Å². The lowest BCUT2D eigenvalue weighted by molar-refractivity contribution is -0.0794. The lowest BCUT2D eigenvalue weighted by Crippen LogP contribution is -2.68. The summed E-state index contributed by atoms with van der Waals surface area (Å²) in [4.78, 5) is 27.2. The summed E-state index contributed by atoms with van der Waals surface area (Å²) in [7, 11) is -3.00. The molecule has 2 heterocycles. The maximum absolute atomic E-state index is 12.8. The number of nitrogens with zero attached hydrogens (tertiary/aromatic N) is 1. The first-order valence-electron chi connectivity index (χ1n) is 14.3. The number of aromatic amines is 1. The zero-order chi connectivity index (χ0) is 29.6. The van der Waals surface area contributed by atoms with E-state index < -0.39 is 44.1 Å². The normalized spacial score (nSPS) is 20.5. The van der Waals surface area contributed by atoms with Crippen LogP contribution in [0.3, 0.4) is 0 Å². The molecule has 4 atom stereocenters. The average molecular weight is 579 g/mol. The van der Waals surface area contributed by atoms with Gasteiger partial charge >= 0.3 is 5.69 Å². The van der Waals surface area contributed by atoms with Crippen molar-refractivity contribution in [3.63, 3.8) is 0 Å². The van der Waals surface area contributed by atoms with Crippen molar-refractivity contribution < 1.29 is 19.4 Å². The summed E-state index contributed by atoms with van der Waals surface area (Å²) in [6, 6.07) is 20.5. The van der Waals surface area contributed by atoms with Gasteiger partial charge in [0, 0.05) is 24.8 Å². The van der Waals surface area contributed by atoms with Gasteiger partial charge in [0.25, 0.3) is 13.9 Å². The highest BCUT2D eigenvalue weighted by Crippen LogP contribution is 2.41. The molecular formula is C32H42N2O6Si. The van der Waals surface area contributed by atoms with Crippen LogP contribution in [0, 0.1) is 6.92 Å². The van der Waals surface area contributed by atoms with Gasteiger partial charge < -0.3 is 19.4 Å². The third-order valence-electron chi connectivity index (χ3n) is 7.77. The Morgan fingerprint density at radius 1 is 1.07 bits per heavy atom. The van der Waals surface area contributed by atoms with Crippen LogP contribution in [0.2, 0.25) is 5.04 Å². The minimum Gasteiger partial charge on any atom is -0.402 e. The summed E-state index contributed by atoms with van der Waals surface area (Å²) in [6.45, 7) is 8.33. The van der Waals surface area contributed by atoms with Crippen molar-refractivity contribution in [2.45, 2.75) is 83.0 Å². The largest absolute Gasteiger partial charge is 0.402 e. The van der Waals surface area contributed by atoms with E-state index in [0.717, 1.165) is 10.4 Å². The summed E-state index contributed by atoms with van der Waals surface area (Å²) in [5.41, 5.74) is -0.601. The van der Waals surface area contributed by atoms with Gasteiger partial charge in [0.05, 0.1) is 12.2 Å². The second-order valence-corrected chi connectivity index (χ2v) is 16.0. The number of benzene rings is 2. The molecule has 220 valence electrons. The number of aliphatic hydroxyl groups is 2. The first kappa shape index (κ1) is 30.9. The van der Waals surface area contributed by atoms with Gasteiger partial charge in [-0.2, -0.15) is 0 Å². The van der Waals surface area contributed by atoms with E-state index in [1.807, 2.05) is 48.6 Å². The fourth-order valence-electron chi connectivity index (χ4n) is 5.71. The molecule has 0 unspecified atom stereocenters. The number of rotatable bonds is 11. The highest BCUT2D eigenvalue weighted by atomic mass is 28.4. The number of aryl methyl sites for hydroxylation is 1. The Labute approximate surface area is 242 Å². The zero-order valence-electron chi connectivity index (χ0n) is 24.3. The molecule has 0 radical (unpaired) electrons. The molecule has 2 aromatic carbocycles. The van der Waals surface area contributed by atoms with Gasteiger partial charge in [-0.25, -0.2) is 4.79 Å². The molecule has 8 nitrogen and oxygen atoms in total. The molecule has 41 heavy (non-hydrogen) atoms. The van der Waals surface area contributed by atoms with Crippen molar-refractivity contribution in [2.75, 3.05) is 6.61 Å². The Balaban J connectivity index is 1.78. The Bertz CT molecular complexity index is 1370. The van der Waals surface area contributed by atoms with Crippen molar-refractivity contribution in [1.82, 2.24) is 9.55 Å². The van der Waals surface area contributed by atoms with E-state index in [-0.39, 0.29) is 11.6 Å². The fourth-order valence-corrected chi connectivity index (χ4v) is 10.4. The molecule has 0 aliphatic carbocycles. The number of ether oxygens (including phenoxy) is 1. The monoisotopic (exact) mass is 578 g/mol. The Kier molecular flexibility index (Phi) is 9.99. The maximum Gasteiger partial charge on any atom is 0.330 e. The van der Waals surface area contributed by atoms with Gasteiger partial charge in [0.15, 0.2) is 0 Å². The molecule has 1 saturated heterocycles. The summed E-state index contributed by atoms with van der Waals surface area (Å²) < 4.78 is 15.2. The lowest BCUT2D eigenvalue weighted by Gasteiger charge is -2.45. The molecule has 1 fully saturated rings. The van der Waals surface area contributed by atoms with Crippen LogP contribution in [0.5, 0.6) is 0 Å². The van der Waals surface area contributed by atoms with Crippen molar-refractivity contribution in [3.8, 4) is 0 Å². The Morgan fingerprint density at radius 3 is 2.24 bits per heavy atom. The number of aliphatic hydroxyl groups excluding tert-OH is 2. The second-order valence-electron chi connectivity index (χ2n) is 11.7. The smallest absolute Gasteiger partial charge is 0.330 e. The number of allylic oxidation sites excluding steroid dienone is 1. The van der Waals surface area contributed by atoms with E-state index in [4.69, 9.17) is 14.3 Å². The molecule has 9 heteroatoms. The Hall–Kier alpha value is -3.08. The summed E-state index contributed by atoms with van der Waals surface area (Å²) in [5.74, 6) is 0. The first-order chi connectivity index (χ1) is 19.6. The molecule has 0 bridgehead atoms. The van der Waals surface area contributed by atoms with E-state index in [2.05, 4.69) is 50.0 Å². The third kappa shape index (κ3) is 6.71. The Morgan fingerprint density at radius 2 is 1.68 bits per heavy atom. The van der Waals surface area contributed by atoms with Crippen LogP contribution in [0.1, 0.15) is 58.2 Å². The van der Waals surface area contributed by atoms with E-state index >= 15 is 0 Å². The highest BCUT2D eigenvalue weighted by Gasteiger charge is 2.54. The number of H-pyrrole nitrogens is 1. The number of nitrogens with one attached hydrogen (secondary N) is 1. The van der Waals surface area contributed by atoms with Gasteiger partial charge in [-0.05, 0) is 41.6 Å². The van der Waals surface area contributed by atoms with Crippen molar-refractivity contribution >= 4 is 18.7 Å². The fraction of sp³-hybridized carbons (Fsp3) is 0.438. The van der Waals surface area contributed by atoms with E-state index in [1.54, 1.807) is 6.92 Å². The number of unbranched alkanes of at least 4 members (excludes halogenated alkanes) is 1. The van der Waals surface area contributed by atoms with Crippen LogP contribution in [0.15, 0.2) is 88.6 Å². The quantitative estimate of drug-likeness (QED) is 0.183. The van der Waals surface area contributed by atoms with Crippen molar-refractivity contribution in [1.29, 1.82) is 0 Å². The minimum atomic E-state index is -3.00. The SMILES string of the molecule is Cc1cn([C@H]2C[C@H](O[Si](c3ccccc3)(c3ccccc3)C(C)(C)C)[C@@H]([C@@H](O)C/C=C\CCCO)O2)c(=O)[nH]c1=O. The number of hydrogen-bond donors (Lipinski definition) is 3. The van der Waals surface area contributed by atoms with Gasteiger partial charge in [0.1, 0.15) is 12.3 Å². The molecule has 0 saturated carbocycles. The molecule has 0 amide bonds. The molecule has 3 N–H and O–H groups in total. The molecule has 1 aromatic heterocycles. The van der Waals surface area contributed by atoms with Crippen LogP contribution < -0.4 is 21.6 Å². The number of aromatic nitrogens is 2. The van der Waals surface area contributed by atoms with E-state index in [0.29, 0.717) is 31.2 Å². The first-order valence-corrected chi connectivity index (χ1v) is 16.2. The van der Waals surface area contributed by atoms with Gasteiger partial charge in [-0.15, -0.1) is 0 Å². The predicted molar refractivity (Wildman–Crippen MR) is 163 cm³/mol. The maximum atomic E-state index is 12.8. The molecule has 0 spiro atoms. The zero-order valence-corrected chi connectivity index (χ0v) is 25.3. The molecular weight excluding hydrogens is 536 g/mol. The number of hydrogen-bond acceptors (Lipinski definition) is 6. The minimum absolute atomic E-state index is 0.113. The van der Waals surface area contributed by atoms with Crippen LogP contribution in [0.25, 0.3) is 0 Å². The van der Waals surface area contributed by atoms with Crippen LogP contribution in [-0.4, -0.2) is 53.0 Å². The van der Waals surface area contributed by atoms with Gasteiger partial charge in [0.2, 0.25) is 0 Å². The molecule has 4 rings (SSSR count). The summed E-state index contributed by atoms with van der Waals surface area (Å²) >= 11 is 0. The van der Waals surface area contributed by atoms with Crippen molar-refractivity contribution in [3.05, 3.63) is 105 Å². The topological polar surface area (TPSA) is 114 Å². The van der Waals surface area contributed by atoms with E-state index in [9.17, 15) is 14.7 Å². The van der Waals surface area contributed by atoms with Crippen LogP contribution >= 0.6 is 0 Å². The van der Waals surface area contributed by atoms with Crippen LogP contribution in [0.4, 0.5) is 0 Å². The molecule has 3 aromatic rings. The molecule has 1 aliphatic heterocycles. The third-order valence-corrected chi connectivity index (χ3v) is 12.8. The lowest BCUT2D eigenvalue weighted by atomic mass is 10.0.